The van der Waals surface area contributed by atoms with Gasteiger partial charge in [-0.2, -0.15) is 5.10 Å². The van der Waals surface area contributed by atoms with Crippen LogP contribution in [0.4, 0.5) is 20.8 Å². The summed E-state index contributed by atoms with van der Waals surface area (Å²) < 4.78 is 28.2. The van der Waals surface area contributed by atoms with Crippen molar-refractivity contribution in [3.8, 4) is 5.88 Å². The lowest BCUT2D eigenvalue weighted by Gasteiger charge is -2.34. The van der Waals surface area contributed by atoms with E-state index in [4.69, 9.17) is 9.47 Å². The summed E-state index contributed by atoms with van der Waals surface area (Å²) in [5, 5.41) is 4.28. The summed E-state index contributed by atoms with van der Waals surface area (Å²) >= 11 is 0. The van der Waals surface area contributed by atoms with Gasteiger partial charge in [0.2, 0.25) is 5.88 Å². The fourth-order valence-corrected chi connectivity index (χ4v) is 3.95. The number of rotatable bonds is 4. The summed E-state index contributed by atoms with van der Waals surface area (Å²) in [4.78, 5) is 24.4. The van der Waals surface area contributed by atoms with Crippen LogP contribution in [0.2, 0.25) is 0 Å². The molecule has 9 nitrogen and oxygen atoms in total. The van der Waals surface area contributed by atoms with Crippen molar-refractivity contribution in [1.29, 1.82) is 0 Å². The minimum atomic E-state index is -1.32. The molecule has 0 N–H and O–H groups in total. The number of fused-ring (bicyclic) bond motifs is 1. The maximum atomic E-state index is 14.8. The van der Waals surface area contributed by atoms with Crippen molar-refractivity contribution < 1.29 is 18.7 Å². The molecule has 2 unspecified atom stereocenters. The third-order valence-corrected chi connectivity index (χ3v) is 6.06. The molecule has 3 aliphatic rings. The summed E-state index contributed by atoms with van der Waals surface area (Å²) in [5.74, 6) is 2.06. The molecular formula is C20H25FN6O3. The molecule has 0 radical (unpaired) electrons. The Kier molecular flexibility index (Phi) is 4.52. The molecule has 1 saturated heterocycles. The number of anilines is 2. The molecule has 160 valence electrons. The van der Waals surface area contributed by atoms with Crippen LogP contribution >= 0.6 is 0 Å². The zero-order valence-corrected chi connectivity index (χ0v) is 17.1. The molecule has 2 fully saturated rings. The highest BCUT2D eigenvalue weighted by Gasteiger charge is 2.44. The van der Waals surface area contributed by atoms with Gasteiger partial charge < -0.3 is 19.3 Å². The average molecular weight is 416 g/mol. The number of halogens is 1. The van der Waals surface area contributed by atoms with Crippen LogP contribution in [0.5, 0.6) is 5.88 Å². The molecule has 1 saturated carbocycles. The summed E-state index contributed by atoms with van der Waals surface area (Å²) in [6.07, 6.45) is 2.87. The molecule has 0 aromatic carbocycles. The van der Waals surface area contributed by atoms with Gasteiger partial charge in [-0.05, 0) is 26.7 Å². The number of hydrogen-bond acceptors (Lipinski definition) is 7. The lowest BCUT2D eigenvalue weighted by molar-refractivity contribution is 0.00202. The van der Waals surface area contributed by atoms with E-state index in [2.05, 4.69) is 20.0 Å². The van der Waals surface area contributed by atoms with E-state index >= 15 is 0 Å². The first-order chi connectivity index (χ1) is 14.4. The summed E-state index contributed by atoms with van der Waals surface area (Å²) in [6.45, 7) is 5.66. The Morgan fingerprint density at radius 2 is 2.10 bits per heavy atom. The zero-order valence-electron chi connectivity index (χ0n) is 17.1. The minimum absolute atomic E-state index is 0.0398. The fraction of sp³-hybridized carbons (Fsp3) is 0.600. The van der Waals surface area contributed by atoms with Crippen molar-refractivity contribution in [2.24, 2.45) is 0 Å². The standard InChI is InChI=1S/C20H25FN6O3/c1-13-17(26-9-10-27-16(26)3-7-24-27)22-12-23-18(13)29-15-4-8-25(11-14(15)21)19(28)30-20(2)5-6-20/h3,7,12,14-15H,4-6,8-11H2,1-2H3. The summed E-state index contributed by atoms with van der Waals surface area (Å²) in [5.41, 5.74) is 0.387. The lowest BCUT2D eigenvalue weighted by atomic mass is 10.1. The highest BCUT2D eigenvalue weighted by atomic mass is 19.1. The van der Waals surface area contributed by atoms with E-state index in [1.165, 1.54) is 11.2 Å². The first-order valence-electron chi connectivity index (χ1n) is 10.3. The Morgan fingerprint density at radius 3 is 2.87 bits per heavy atom. The number of nitrogens with zero attached hydrogens (tertiary/aromatic N) is 6. The molecule has 2 aromatic heterocycles. The van der Waals surface area contributed by atoms with E-state index < -0.39 is 18.4 Å². The van der Waals surface area contributed by atoms with E-state index in [-0.39, 0.29) is 12.1 Å². The van der Waals surface area contributed by atoms with Gasteiger partial charge in [-0.15, -0.1) is 0 Å². The second-order valence-corrected chi connectivity index (χ2v) is 8.42. The highest BCUT2D eigenvalue weighted by molar-refractivity contribution is 5.68. The van der Waals surface area contributed by atoms with Crippen molar-refractivity contribution in [2.75, 3.05) is 24.5 Å². The van der Waals surface area contributed by atoms with Crippen LogP contribution < -0.4 is 9.64 Å². The fourth-order valence-electron chi connectivity index (χ4n) is 3.95. The molecule has 10 heteroatoms. The number of piperidine rings is 1. The predicted molar refractivity (Wildman–Crippen MR) is 106 cm³/mol. The van der Waals surface area contributed by atoms with Gasteiger partial charge in [-0.25, -0.2) is 23.8 Å². The average Bonchev–Trinajstić information content (AvgIpc) is 3.11. The second-order valence-electron chi connectivity index (χ2n) is 8.42. The molecule has 30 heavy (non-hydrogen) atoms. The molecule has 1 aliphatic carbocycles. The first-order valence-corrected chi connectivity index (χ1v) is 10.3. The molecule has 4 heterocycles. The van der Waals surface area contributed by atoms with E-state index in [1.54, 1.807) is 6.20 Å². The summed E-state index contributed by atoms with van der Waals surface area (Å²) in [7, 11) is 0. The van der Waals surface area contributed by atoms with E-state index in [9.17, 15) is 9.18 Å². The normalized spacial score (nSPS) is 24.5. The molecule has 2 aliphatic heterocycles. The third-order valence-electron chi connectivity index (χ3n) is 6.06. The molecule has 2 aromatic rings. The van der Waals surface area contributed by atoms with Crippen LogP contribution in [-0.4, -0.2) is 68.3 Å². The van der Waals surface area contributed by atoms with Gasteiger partial charge >= 0.3 is 6.09 Å². The largest absolute Gasteiger partial charge is 0.471 e. The Labute approximate surface area is 173 Å². The van der Waals surface area contributed by atoms with Crippen LogP contribution in [0.1, 0.15) is 31.7 Å². The van der Waals surface area contributed by atoms with Gasteiger partial charge in [-0.3, -0.25) is 0 Å². The van der Waals surface area contributed by atoms with Crippen molar-refractivity contribution in [3.05, 3.63) is 24.2 Å². The number of carbonyl (C=O) groups excluding carboxylic acids is 1. The van der Waals surface area contributed by atoms with Crippen LogP contribution in [0.15, 0.2) is 18.6 Å². The second kappa shape index (κ2) is 7.10. The van der Waals surface area contributed by atoms with Gasteiger partial charge in [0.25, 0.3) is 0 Å². The minimum Gasteiger partial charge on any atom is -0.471 e. The number of amides is 1. The quantitative estimate of drug-likeness (QED) is 0.757. The Hall–Kier alpha value is -2.91. The first kappa shape index (κ1) is 19.1. The molecule has 0 bridgehead atoms. The number of aromatic nitrogens is 4. The van der Waals surface area contributed by atoms with Gasteiger partial charge in [0.15, 0.2) is 6.17 Å². The van der Waals surface area contributed by atoms with Crippen molar-refractivity contribution in [3.63, 3.8) is 0 Å². The Morgan fingerprint density at radius 1 is 1.27 bits per heavy atom. The van der Waals surface area contributed by atoms with Crippen LogP contribution in [0.25, 0.3) is 0 Å². The zero-order chi connectivity index (χ0) is 20.9. The highest BCUT2D eigenvalue weighted by Crippen LogP contribution is 2.39. The van der Waals surface area contributed by atoms with Crippen molar-refractivity contribution >= 4 is 17.7 Å². The number of carbonyl (C=O) groups is 1. The number of likely N-dealkylation sites (tertiary alicyclic amines) is 1. The van der Waals surface area contributed by atoms with Gasteiger partial charge in [0.1, 0.15) is 29.7 Å². The number of ether oxygens (including phenoxy) is 2. The molecular weight excluding hydrogens is 391 g/mol. The smallest absolute Gasteiger partial charge is 0.410 e. The third kappa shape index (κ3) is 3.44. The lowest BCUT2D eigenvalue weighted by Crippen LogP contribution is -2.50. The van der Waals surface area contributed by atoms with Crippen molar-refractivity contribution in [2.45, 2.75) is 57.5 Å². The maximum absolute atomic E-state index is 14.8. The predicted octanol–water partition coefficient (Wildman–Crippen LogP) is 2.61. The van der Waals surface area contributed by atoms with Crippen LogP contribution in [0, 0.1) is 6.92 Å². The van der Waals surface area contributed by atoms with Gasteiger partial charge in [0, 0.05) is 25.6 Å². The Bertz CT molecular complexity index is 962. The van der Waals surface area contributed by atoms with Crippen molar-refractivity contribution in [1.82, 2.24) is 24.6 Å². The van der Waals surface area contributed by atoms with Gasteiger partial charge in [0.05, 0.1) is 24.8 Å². The molecule has 0 spiro atoms. The monoisotopic (exact) mass is 416 g/mol. The summed E-state index contributed by atoms with van der Waals surface area (Å²) in [6, 6.07) is 1.93. The van der Waals surface area contributed by atoms with E-state index in [0.29, 0.717) is 18.8 Å². The van der Waals surface area contributed by atoms with E-state index in [1.807, 2.05) is 24.6 Å². The number of hydrogen-bond donors (Lipinski definition) is 0. The molecule has 1 amide bonds. The molecule has 2 atom stereocenters. The van der Waals surface area contributed by atoms with Gasteiger partial charge in [-0.1, -0.05) is 0 Å². The molecule has 5 rings (SSSR count). The topological polar surface area (TPSA) is 85.6 Å². The van der Waals surface area contributed by atoms with E-state index in [0.717, 1.165) is 43.1 Å². The number of alkyl halides is 1. The van der Waals surface area contributed by atoms with Crippen LogP contribution in [0.3, 0.4) is 0 Å². The Balaban J connectivity index is 1.26. The van der Waals surface area contributed by atoms with Crippen LogP contribution in [-0.2, 0) is 11.3 Å². The SMILES string of the molecule is Cc1c(OC2CCN(C(=O)OC3(C)CC3)CC2F)ncnc1N1CCn2nccc21. The maximum Gasteiger partial charge on any atom is 0.410 e.